The summed E-state index contributed by atoms with van der Waals surface area (Å²) in [6, 6.07) is 69.6. The SMILES string of the molecule is CC1(C)c2ccccc2-c2ccc(N(c3ccccc3)c3ccc4c(c3)Oc3cc(N(c5ccccc5)c5ccc6c(c5)C(C)(C)c5ccccc5-6)cc5cccc(c35)O4)cc21. The van der Waals surface area contributed by atoms with Crippen LogP contribution in [-0.4, -0.2) is 0 Å². The minimum Gasteiger partial charge on any atom is -0.453 e. The van der Waals surface area contributed by atoms with Gasteiger partial charge < -0.3 is 19.3 Å². The van der Waals surface area contributed by atoms with Crippen LogP contribution in [0.1, 0.15) is 49.9 Å². The summed E-state index contributed by atoms with van der Waals surface area (Å²) in [5, 5.41) is 1.97. The van der Waals surface area contributed by atoms with E-state index in [1.807, 2.05) is 12.1 Å². The lowest BCUT2D eigenvalue weighted by Crippen LogP contribution is -2.16. The third-order valence-corrected chi connectivity index (χ3v) is 13.5. The molecule has 9 aromatic rings. The Hall–Kier alpha value is -7.56. The fraction of sp³-hybridized carbons (Fsp3) is 0.103. The summed E-state index contributed by atoms with van der Waals surface area (Å²) >= 11 is 0. The minimum absolute atomic E-state index is 0.133. The molecule has 0 atom stereocenters. The smallest absolute Gasteiger partial charge is 0.172 e. The molecule has 0 N–H and O–H groups in total. The van der Waals surface area contributed by atoms with Gasteiger partial charge in [0.25, 0.3) is 0 Å². The fourth-order valence-electron chi connectivity index (χ4n) is 10.4. The van der Waals surface area contributed by atoms with Crippen molar-refractivity contribution in [1.29, 1.82) is 0 Å². The molecule has 0 spiro atoms. The first-order chi connectivity index (χ1) is 30.2. The molecule has 62 heavy (non-hydrogen) atoms. The second kappa shape index (κ2) is 13.5. The summed E-state index contributed by atoms with van der Waals surface area (Å²) in [7, 11) is 0. The second-order valence-electron chi connectivity index (χ2n) is 17.8. The topological polar surface area (TPSA) is 24.9 Å². The van der Waals surface area contributed by atoms with Crippen LogP contribution in [0.2, 0.25) is 0 Å². The van der Waals surface area contributed by atoms with Crippen LogP contribution >= 0.6 is 0 Å². The molecular weight excluding hydrogens is 757 g/mol. The van der Waals surface area contributed by atoms with Crippen molar-refractivity contribution in [2.45, 2.75) is 38.5 Å². The lowest BCUT2D eigenvalue weighted by Gasteiger charge is -2.29. The maximum atomic E-state index is 7.12. The van der Waals surface area contributed by atoms with Gasteiger partial charge >= 0.3 is 0 Å². The summed E-state index contributed by atoms with van der Waals surface area (Å²) in [5.41, 5.74) is 16.6. The molecule has 0 saturated heterocycles. The molecule has 0 unspecified atom stereocenters. The van der Waals surface area contributed by atoms with Crippen molar-refractivity contribution in [3.63, 3.8) is 0 Å². The van der Waals surface area contributed by atoms with Crippen molar-refractivity contribution in [3.05, 3.63) is 216 Å². The Morgan fingerprint density at radius 1 is 0.306 bits per heavy atom. The van der Waals surface area contributed by atoms with Crippen LogP contribution in [0.3, 0.4) is 0 Å². The van der Waals surface area contributed by atoms with Gasteiger partial charge in [-0.25, -0.2) is 0 Å². The number of hydrogen-bond acceptors (Lipinski definition) is 4. The Bertz CT molecular complexity index is 3260. The predicted molar refractivity (Wildman–Crippen MR) is 255 cm³/mol. The molecule has 0 saturated carbocycles. The highest BCUT2D eigenvalue weighted by Crippen LogP contribution is 2.54. The summed E-state index contributed by atoms with van der Waals surface area (Å²) < 4.78 is 13.9. The number of ether oxygens (including phenoxy) is 2. The van der Waals surface area contributed by atoms with E-state index >= 15 is 0 Å². The van der Waals surface area contributed by atoms with Crippen LogP contribution in [0.15, 0.2) is 194 Å². The van der Waals surface area contributed by atoms with Gasteiger partial charge in [0.1, 0.15) is 11.5 Å². The highest BCUT2D eigenvalue weighted by atomic mass is 16.5. The first kappa shape index (κ1) is 36.3. The minimum atomic E-state index is -0.136. The van der Waals surface area contributed by atoms with Gasteiger partial charge in [-0.15, -0.1) is 0 Å². The van der Waals surface area contributed by atoms with Gasteiger partial charge in [0.2, 0.25) is 0 Å². The quantitative estimate of drug-likeness (QED) is 0.167. The van der Waals surface area contributed by atoms with Crippen molar-refractivity contribution in [2.24, 2.45) is 0 Å². The van der Waals surface area contributed by atoms with Gasteiger partial charge in [0.15, 0.2) is 11.5 Å². The maximum Gasteiger partial charge on any atom is 0.172 e. The average Bonchev–Trinajstić information content (AvgIpc) is 3.58. The van der Waals surface area contributed by atoms with E-state index in [4.69, 9.17) is 9.47 Å². The van der Waals surface area contributed by atoms with Gasteiger partial charge in [-0.1, -0.05) is 137 Å². The third-order valence-electron chi connectivity index (χ3n) is 13.5. The van der Waals surface area contributed by atoms with Crippen LogP contribution in [0.4, 0.5) is 34.1 Å². The number of anilines is 6. The highest BCUT2D eigenvalue weighted by Gasteiger charge is 2.37. The Morgan fingerprint density at radius 3 is 1.37 bits per heavy atom. The van der Waals surface area contributed by atoms with E-state index in [0.29, 0.717) is 11.5 Å². The molecule has 4 heteroatoms. The molecule has 0 radical (unpaired) electrons. The van der Waals surface area contributed by atoms with E-state index in [0.717, 1.165) is 56.4 Å². The molecule has 3 aliphatic rings. The van der Waals surface area contributed by atoms with E-state index in [1.165, 1.54) is 44.5 Å². The predicted octanol–water partition coefficient (Wildman–Crippen LogP) is 16.3. The molecule has 2 aliphatic carbocycles. The number of hydrogen-bond donors (Lipinski definition) is 0. The number of para-hydroxylation sites is 2. The summed E-state index contributed by atoms with van der Waals surface area (Å²) in [6.07, 6.45) is 0. The second-order valence-corrected chi connectivity index (χ2v) is 17.8. The lowest BCUT2D eigenvalue weighted by molar-refractivity contribution is 0.439. The normalized spacial score (nSPS) is 14.3. The van der Waals surface area contributed by atoms with Crippen molar-refractivity contribution in [3.8, 4) is 45.3 Å². The van der Waals surface area contributed by atoms with Crippen LogP contribution in [0.5, 0.6) is 23.0 Å². The van der Waals surface area contributed by atoms with E-state index in [2.05, 4.69) is 219 Å². The van der Waals surface area contributed by atoms with Crippen molar-refractivity contribution < 1.29 is 9.47 Å². The first-order valence-corrected chi connectivity index (χ1v) is 21.5. The zero-order valence-electron chi connectivity index (χ0n) is 35.2. The molecule has 12 rings (SSSR count). The largest absolute Gasteiger partial charge is 0.453 e. The number of rotatable bonds is 6. The van der Waals surface area contributed by atoms with E-state index < -0.39 is 0 Å². The van der Waals surface area contributed by atoms with Crippen LogP contribution in [0, 0.1) is 0 Å². The zero-order valence-corrected chi connectivity index (χ0v) is 35.2. The number of nitrogens with zero attached hydrogens (tertiary/aromatic N) is 2. The molecule has 1 heterocycles. The molecule has 298 valence electrons. The average molecular weight is 801 g/mol. The van der Waals surface area contributed by atoms with Crippen molar-refractivity contribution in [1.82, 2.24) is 0 Å². The van der Waals surface area contributed by atoms with Crippen LogP contribution in [-0.2, 0) is 10.8 Å². The zero-order chi connectivity index (χ0) is 41.7. The summed E-state index contributed by atoms with van der Waals surface area (Å²) in [4.78, 5) is 4.66. The van der Waals surface area contributed by atoms with Crippen LogP contribution < -0.4 is 19.3 Å². The van der Waals surface area contributed by atoms with Gasteiger partial charge in [-0.3, -0.25) is 0 Å². The summed E-state index contributed by atoms with van der Waals surface area (Å²) in [5.74, 6) is 2.81. The molecule has 0 amide bonds. The van der Waals surface area contributed by atoms with Crippen LogP contribution in [0.25, 0.3) is 33.0 Å². The monoisotopic (exact) mass is 800 g/mol. The fourth-order valence-corrected chi connectivity index (χ4v) is 10.4. The molecule has 0 aromatic heterocycles. The van der Waals surface area contributed by atoms with Crippen molar-refractivity contribution >= 4 is 44.9 Å². The molecule has 1 aliphatic heterocycles. The maximum absolute atomic E-state index is 7.12. The van der Waals surface area contributed by atoms with Gasteiger partial charge in [0.05, 0.1) is 16.8 Å². The Labute approximate surface area is 362 Å². The third kappa shape index (κ3) is 5.46. The van der Waals surface area contributed by atoms with E-state index in [9.17, 15) is 0 Å². The molecule has 0 bridgehead atoms. The van der Waals surface area contributed by atoms with E-state index in [1.54, 1.807) is 0 Å². The Balaban J connectivity index is 0.985. The Morgan fingerprint density at radius 2 is 0.774 bits per heavy atom. The summed E-state index contributed by atoms with van der Waals surface area (Å²) in [6.45, 7) is 9.33. The first-order valence-electron chi connectivity index (χ1n) is 21.5. The van der Waals surface area contributed by atoms with Gasteiger partial charge in [-0.05, 0) is 123 Å². The Kier molecular flexibility index (Phi) is 7.89. The van der Waals surface area contributed by atoms with Crippen molar-refractivity contribution in [2.75, 3.05) is 9.80 Å². The number of benzene rings is 9. The van der Waals surface area contributed by atoms with Gasteiger partial charge in [-0.2, -0.15) is 0 Å². The van der Waals surface area contributed by atoms with E-state index in [-0.39, 0.29) is 10.8 Å². The lowest BCUT2D eigenvalue weighted by atomic mass is 9.82. The molecule has 4 nitrogen and oxygen atoms in total. The number of fused-ring (bicyclic) bond motifs is 7. The molecular formula is C58H44N2O2. The van der Waals surface area contributed by atoms with Gasteiger partial charge in [0, 0.05) is 45.7 Å². The molecule has 9 aromatic carbocycles. The molecule has 0 fully saturated rings. The standard InChI is InChI=1S/C58H44N2O2/c1-57(2)48-23-13-11-21-44(48)46-29-26-40(33-50(46)57)59(38-17-7-5-8-18-38)42-28-31-52-54(35-42)62-55-36-43(32-37-16-15-25-53(61-52)56(37)55)60(39-19-9-6-10-20-39)41-27-30-47-45-22-12-14-24-49(45)58(3,4)51(47)34-41/h5-36H,1-4H3. The highest BCUT2D eigenvalue weighted by molar-refractivity contribution is 5.99.